The number of hydrogen-bond acceptors (Lipinski definition) is 4. The van der Waals surface area contributed by atoms with E-state index in [0.29, 0.717) is 24.1 Å². The Hall–Kier alpha value is -2.77. The van der Waals surface area contributed by atoms with Gasteiger partial charge in [0, 0.05) is 12.1 Å². The van der Waals surface area contributed by atoms with E-state index in [-0.39, 0.29) is 17.4 Å². The first kappa shape index (κ1) is 12.3. The third-order valence-electron chi connectivity index (χ3n) is 2.97. The maximum atomic E-state index is 13.9. The van der Waals surface area contributed by atoms with E-state index in [1.807, 2.05) is 0 Å². The largest absolute Gasteiger partial charge is 0.326 e. The van der Waals surface area contributed by atoms with Crippen LogP contribution in [0.15, 0.2) is 18.5 Å². The molecule has 1 aromatic carbocycles. The van der Waals surface area contributed by atoms with Crippen molar-refractivity contribution in [1.29, 1.82) is 0 Å². The maximum Gasteiger partial charge on any atom is 0.293 e. The zero-order chi connectivity index (χ0) is 14.1. The van der Waals surface area contributed by atoms with E-state index in [4.69, 9.17) is 0 Å². The second-order valence-corrected chi connectivity index (χ2v) is 4.33. The van der Waals surface area contributed by atoms with Crippen LogP contribution in [0.5, 0.6) is 0 Å². The SMILES string of the molecule is O=C1CCc2cc(F)c(NC(=O)c3ncn[nH]3)cc2N1. The summed E-state index contributed by atoms with van der Waals surface area (Å²) in [5, 5.41) is 10.9. The lowest BCUT2D eigenvalue weighted by Gasteiger charge is -2.18. The molecule has 0 saturated carbocycles. The van der Waals surface area contributed by atoms with Crippen LogP contribution in [0.3, 0.4) is 0 Å². The molecule has 102 valence electrons. The molecular formula is C12H10FN5O2. The lowest BCUT2D eigenvalue weighted by atomic mass is 10.0. The van der Waals surface area contributed by atoms with Gasteiger partial charge in [0.15, 0.2) is 0 Å². The summed E-state index contributed by atoms with van der Waals surface area (Å²) >= 11 is 0. The highest BCUT2D eigenvalue weighted by Gasteiger charge is 2.19. The molecule has 3 rings (SSSR count). The minimum absolute atomic E-state index is 0.0210. The second-order valence-electron chi connectivity index (χ2n) is 4.33. The Morgan fingerprint density at radius 2 is 2.20 bits per heavy atom. The number of aromatic amines is 1. The number of anilines is 2. The van der Waals surface area contributed by atoms with Crippen LogP contribution in [-0.2, 0) is 11.2 Å². The maximum absolute atomic E-state index is 13.9. The van der Waals surface area contributed by atoms with Crippen molar-refractivity contribution in [2.24, 2.45) is 0 Å². The summed E-state index contributed by atoms with van der Waals surface area (Å²) in [7, 11) is 0. The van der Waals surface area contributed by atoms with Crippen molar-refractivity contribution in [3.05, 3.63) is 35.7 Å². The first-order valence-electron chi connectivity index (χ1n) is 5.92. The predicted octanol–water partition coefficient (Wildman–Crippen LogP) is 1.08. The molecule has 1 aromatic heterocycles. The molecule has 0 saturated heterocycles. The van der Waals surface area contributed by atoms with Crippen LogP contribution in [0.4, 0.5) is 15.8 Å². The van der Waals surface area contributed by atoms with Crippen molar-refractivity contribution in [2.45, 2.75) is 12.8 Å². The van der Waals surface area contributed by atoms with Gasteiger partial charge in [0.2, 0.25) is 11.7 Å². The van der Waals surface area contributed by atoms with E-state index in [9.17, 15) is 14.0 Å². The number of hydrogen-bond donors (Lipinski definition) is 3. The molecule has 1 aliphatic heterocycles. The third-order valence-corrected chi connectivity index (χ3v) is 2.97. The highest BCUT2D eigenvalue weighted by molar-refractivity contribution is 6.02. The Morgan fingerprint density at radius 3 is 2.95 bits per heavy atom. The summed E-state index contributed by atoms with van der Waals surface area (Å²) in [4.78, 5) is 26.7. The van der Waals surface area contributed by atoms with Crippen molar-refractivity contribution >= 4 is 23.2 Å². The lowest BCUT2D eigenvalue weighted by Crippen LogP contribution is -2.20. The van der Waals surface area contributed by atoms with Gasteiger partial charge in [-0.25, -0.2) is 9.37 Å². The number of carbonyl (C=O) groups is 2. The fraction of sp³-hybridized carbons (Fsp3) is 0.167. The van der Waals surface area contributed by atoms with Gasteiger partial charge in [-0.15, -0.1) is 0 Å². The van der Waals surface area contributed by atoms with Gasteiger partial charge in [-0.3, -0.25) is 14.7 Å². The molecule has 0 radical (unpaired) electrons. The minimum atomic E-state index is -0.608. The number of aromatic nitrogens is 3. The molecule has 20 heavy (non-hydrogen) atoms. The van der Waals surface area contributed by atoms with Crippen molar-refractivity contribution in [1.82, 2.24) is 15.2 Å². The summed E-state index contributed by atoms with van der Waals surface area (Å²) in [5.41, 5.74) is 1.20. The zero-order valence-corrected chi connectivity index (χ0v) is 10.2. The predicted molar refractivity (Wildman–Crippen MR) is 67.7 cm³/mol. The molecule has 0 atom stereocenters. The topological polar surface area (TPSA) is 99.8 Å². The molecule has 8 heteroatoms. The summed E-state index contributed by atoms with van der Waals surface area (Å²) in [5.74, 6) is -1.32. The average Bonchev–Trinajstić information content (AvgIpc) is 2.94. The van der Waals surface area contributed by atoms with Gasteiger partial charge < -0.3 is 10.6 Å². The van der Waals surface area contributed by atoms with Gasteiger partial charge in [-0.2, -0.15) is 5.10 Å². The number of nitrogens with zero attached hydrogens (tertiary/aromatic N) is 2. The molecule has 0 unspecified atom stereocenters. The zero-order valence-electron chi connectivity index (χ0n) is 10.2. The fourth-order valence-corrected chi connectivity index (χ4v) is 1.99. The Morgan fingerprint density at radius 1 is 1.35 bits per heavy atom. The lowest BCUT2D eigenvalue weighted by molar-refractivity contribution is -0.116. The number of H-pyrrole nitrogens is 1. The molecule has 3 N–H and O–H groups in total. The minimum Gasteiger partial charge on any atom is -0.326 e. The van der Waals surface area contributed by atoms with Gasteiger partial charge in [0.25, 0.3) is 5.91 Å². The van der Waals surface area contributed by atoms with E-state index < -0.39 is 11.7 Å². The normalized spacial score (nSPS) is 13.6. The summed E-state index contributed by atoms with van der Waals surface area (Å²) in [6, 6.07) is 2.71. The van der Waals surface area contributed by atoms with Crippen LogP contribution in [-0.4, -0.2) is 27.0 Å². The number of rotatable bonds is 2. The number of aryl methyl sites for hydroxylation is 1. The Bertz CT molecular complexity index is 683. The van der Waals surface area contributed by atoms with Crippen LogP contribution in [0.1, 0.15) is 22.6 Å². The molecule has 7 nitrogen and oxygen atoms in total. The van der Waals surface area contributed by atoms with E-state index in [1.54, 1.807) is 0 Å². The Balaban J connectivity index is 1.88. The van der Waals surface area contributed by atoms with Gasteiger partial charge in [-0.1, -0.05) is 0 Å². The van der Waals surface area contributed by atoms with Crippen LogP contribution in [0.2, 0.25) is 0 Å². The number of halogens is 1. The van der Waals surface area contributed by atoms with Gasteiger partial charge in [0.1, 0.15) is 12.1 Å². The highest BCUT2D eigenvalue weighted by Crippen LogP contribution is 2.28. The van der Waals surface area contributed by atoms with E-state index in [1.165, 1.54) is 18.5 Å². The van der Waals surface area contributed by atoms with Crippen molar-refractivity contribution in [3.63, 3.8) is 0 Å². The second kappa shape index (κ2) is 4.72. The van der Waals surface area contributed by atoms with E-state index in [0.717, 1.165) is 0 Å². The first-order valence-corrected chi connectivity index (χ1v) is 5.92. The monoisotopic (exact) mass is 275 g/mol. The smallest absolute Gasteiger partial charge is 0.293 e. The van der Waals surface area contributed by atoms with E-state index >= 15 is 0 Å². The molecule has 0 aliphatic carbocycles. The fourth-order valence-electron chi connectivity index (χ4n) is 1.99. The Kier molecular flexibility index (Phi) is 2.90. The van der Waals surface area contributed by atoms with Gasteiger partial charge in [0.05, 0.1) is 5.69 Å². The molecule has 2 aromatic rings. The first-order chi connectivity index (χ1) is 9.63. The molecular weight excluding hydrogens is 265 g/mol. The number of nitrogens with one attached hydrogen (secondary N) is 3. The molecule has 2 heterocycles. The summed E-state index contributed by atoms with van der Waals surface area (Å²) in [6.45, 7) is 0. The van der Waals surface area contributed by atoms with Gasteiger partial charge in [-0.05, 0) is 24.1 Å². The molecule has 0 fully saturated rings. The van der Waals surface area contributed by atoms with Gasteiger partial charge >= 0.3 is 0 Å². The van der Waals surface area contributed by atoms with Crippen LogP contribution < -0.4 is 10.6 Å². The average molecular weight is 275 g/mol. The van der Waals surface area contributed by atoms with E-state index in [2.05, 4.69) is 25.8 Å². The number of benzene rings is 1. The molecule has 0 bridgehead atoms. The third kappa shape index (κ3) is 2.22. The summed E-state index contributed by atoms with van der Waals surface area (Å²) < 4.78 is 13.9. The number of amides is 2. The van der Waals surface area contributed by atoms with Crippen LogP contribution >= 0.6 is 0 Å². The summed E-state index contributed by atoms with van der Waals surface area (Å²) in [6.07, 6.45) is 1.99. The van der Waals surface area contributed by atoms with Crippen molar-refractivity contribution in [3.8, 4) is 0 Å². The van der Waals surface area contributed by atoms with Crippen LogP contribution in [0.25, 0.3) is 0 Å². The Labute approximate surface area is 112 Å². The highest BCUT2D eigenvalue weighted by atomic mass is 19.1. The number of carbonyl (C=O) groups excluding carboxylic acids is 2. The molecule has 0 spiro atoms. The number of fused-ring (bicyclic) bond motifs is 1. The van der Waals surface area contributed by atoms with Crippen LogP contribution in [0, 0.1) is 5.82 Å². The van der Waals surface area contributed by atoms with Crippen molar-refractivity contribution in [2.75, 3.05) is 10.6 Å². The van der Waals surface area contributed by atoms with Crippen molar-refractivity contribution < 1.29 is 14.0 Å². The standard InChI is InChI=1S/C12H10FN5O2/c13-7-3-6-1-2-10(19)16-8(6)4-9(7)17-12(20)11-14-5-15-18-11/h3-5H,1-2H2,(H,16,19)(H,17,20)(H,14,15,18). The quantitative estimate of drug-likeness (QED) is 0.763. The molecule has 1 aliphatic rings. The molecule has 2 amide bonds.